The zero-order chi connectivity index (χ0) is 20.9. The molecule has 4 aliphatic carbocycles. The molecule has 0 bridgehead atoms. The summed E-state index contributed by atoms with van der Waals surface area (Å²) in [4.78, 5) is 25.0. The number of rotatable bonds is 4. The molecule has 158 valence electrons. The SMILES string of the molecule is CC12C[C@@H](c3ccc(OCCN)cc3)C3=C4CCC(=O)C=C4CCC3C1CCC2=O. The Kier molecular flexibility index (Phi) is 4.93. The Morgan fingerprint density at radius 2 is 1.87 bits per heavy atom. The van der Waals surface area contributed by atoms with Crippen LogP contribution in [0.3, 0.4) is 0 Å². The van der Waals surface area contributed by atoms with Crippen molar-refractivity contribution in [2.24, 2.45) is 23.0 Å². The number of allylic oxidation sites excluding steroid dienone is 4. The lowest BCUT2D eigenvalue weighted by Gasteiger charge is -2.50. The normalized spacial score (nSPS) is 33.0. The van der Waals surface area contributed by atoms with E-state index in [1.165, 1.54) is 22.3 Å². The Balaban J connectivity index is 1.59. The molecule has 4 nitrogen and oxygen atoms in total. The molecular formula is C26H31NO3. The van der Waals surface area contributed by atoms with Crippen molar-refractivity contribution >= 4 is 11.6 Å². The highest BCUT2D eigenvalue weighted by atomic mass is 16.5. The Bertz CT molecular complexity index is 942. The van der Waals surface area contributed by atoms with Crippen LogP contribution in [0.25, 0.3) is 0 Å². The molecule has 0 amide bonds. The molecular weight excluding hydrogens is 374 g/mol. The summed E-state index contributed by atoms with van der Waals surface area (Å²) in [7, 11) is 0. The Morgan fingerprint density at radius 1 is 1.07 bits per heavy atom. The molecule has 4 heteroatoms. The molecule has 2 saturated carbocycles. The summed E-state index contributed by atoms with van der Waals surface area (Å²) in [6.07, 6.45) is 8.06. The van der Waals surface area contributed by atoms with Crippen LogP contribution < -0.4 is 10.5 Å². The summed E-state index contributed by atoms with van der Waals surface area (Å²) in [5.74, 6) is 2.72. The number of hydrogen-bond donors (Lipinski definition) is 1. The maximum absolute atomic E-state index is 13.0. The molecule has 0 spiro atoms. The minimum atomic E-state index is -0.222. The lowest BCUT2D eigenvalue weighted by molar-refractivity contribution is -0.128. The molecule has 5 rings (SSSR count). The van der Waals surface area contributed by atoms with Gasteiger partial charge in [-0.1, -0.05) is 24.6 Å². The second-order valence-corrected chi connectivity index (χ2v) is 9.66. The molecule has 2 N–H and O–H groups in total. The van der Waals surface area contributed by atoms with Gasteiger partial charge in [0.1, 0.15) is 18.1 Å². The fraction of sp³-hybridized carbons (Fsp3) is 0.538. The van der Waals surface area contributed by atoms with Crippen LogP contribution in [0.15, 0.2) is 47.1 Å². The highest BCUT2D eigenvalue weighted by Crippen LogP contribution is 2.62. The van der Waals surface area contributed by atoms with Crippen LogP contribution in [0.5, 0.6) is 5.75 Å². The third-order valence-electron chi connectivity index (χ3n) is 8.11. The number of nitrogens with two attached hydrogens (primary N) is 1. The van der Waals surface area contributed by atoms with Crippen LogP contribution in [0.4, 0.5) is 0 Å². The average molecular weight is 406 g/mol. The van der Waals surface area contributed by atoms with Gasteiger partial charge in [0.15, 0.2) is 5.78 Å². The molecule has 2 fully saturated rings. The first-order valence-electron chi connectivity index (χ1n) is 11.4. The molecule has 0 radical (unpaired) electrons. The van der Waals surface area contributed by atoms with Crippen molar-refractivity contribution < 1.29 is 14.3 Å². The number of carbonyl (C=O) groups excluding carboxylic acids is 2. The highest BCUT2D eigenvalue weighted by Gasteiger charge is 2.56. The van der Waals surface area contributed by atoms with Crippen molar-refractivity contribution in [2.75, 3.05) is 13.2 Å². The summed E-state index contributed by atoms with van der Waals surface area (Å²) < 4.78 is 5.67. The number of ether oxygens (including phenoxy) is 1. The van der Waals surface area contributed by atoms with Crippen LogP contribution in [-0.2, 0) is 9.59 Å². The van der Waals surface area contributed by atoms with E-state index in [0.29, 0.717) is 37.2 Å². The Hall–Kier alpha value is -2.20. The minimum Gasteiger partial charge on any atom is -0.492 e. The molecule has 4 atom stereocenters. The molecule has 0 saturated heterocycles. The average Bonchev–Trinajstić information content (AvgIpc) is 3.06. The lowest BCUT2D eigenvalue weighted by atomic mass is 9.53. The second kappa shape index (κ2) is 7.49. The zero-order valence-electron chi connectivity index (χ0n) is 17.8. The van der Waals surface area contributed by atoms with E-state index in [9.17, 15) is 9.59 Å². The molecule has 1 aromatic rings. The fourth-order valence-corrected chi connectivity index (χ4v) is 6.70. The van der Waals surface area contributed by atoms with Gasteiger partial charge >= 0.3 is 0 Å². The van der Waals surface area contributed by atoms with Crippen molar-refractivity contribution in [2.45, 2.75) is 57.8 Å². The summed E-state index contributed by atoms with van der Waals surface area (Å²) in [6, 6.07) is 8.38. The predicted octanol–water partition coefficient (Wildman–Crippen LogP) is 4.49. The van der Waals surface area contributed by atoms with Crippen molar-refractivity contribution in [3.63, 3.8) is 0 Å². The van der Waals surface area contributed by atoms with E-state index in [1.807, 2.05) is 18.2 Å². The van der Waals surface area contributed by atoms with Crippen molar-refractivity contribution in [1.29, 1.82) is 0 Å². The number of carbonyl (C=O) groups is 2. The molecule has 0 heterocycles. The largest absolute Gasteiger partial charge is 0.492 e. The standard InChI is InChI=1S/C26H31NO3/c1-26-15-22(16-2-6-19(7-3-16)30-13-12-27)25-20-9-5-18(28)14-17(20)4-8-21(25)23(26)10-11-24(26)29/h2-3,6-7,14,21-23H,4-5,8-13,15,27H2,1H3/t21?,22-,23?,26?/m0/s1. The van der Waals surface area contributed by atoms with Crippen LogP contribution in [-0.4, -0.2) is 24.7 Å². The lowest BCUT2D eigenvalue weighted by Crippen LogP contribution is -2.43. The minimum absolute atomic E-state index is 0.222. The number of hydrogen-bond acceptors (Lipinski definition) is 4. The van der Waals surface area contributed by atoms with Crippen molar-refractivity contribution in [1.82, 2.24) is 0 Å². The van der Waals surface area contributed by atoms with Crippen molar-refractivity contribution in [3.05, 3.63) is 52.6 Å². The number of Topliss-reactive ketones (excluding diaryl/α,β-unsaturated/α-hetero) is 1. The molecule has 30 heavy (non-hydrogen) atoms. The fourth-order valence-electron chi connectivity index (χ4n) is 6.70. The van der Waals surface area contributed by atoms with Crippen LogP contribution in [0.1, 0.15) is 63.4 Å². The van der Waals surface area contributed by atoms with E-state index >= 15 is 0 Å². The monoisotopic (exact) mass is 405 g/mol. The second-order valence-electron chi connectivity index (χ2n) is 9.66. The maximum Gasteiger partial charge on any atom is 0.156 e. The van der Waals surface area contributed by atoms with E-state index in [1.54, 1.807) is 0 Å². The molecule has 0 aromatic heterocycles. The van der Waals surface area contributed by atoms with Crippen molar-refractivity contribution in [3.8, 4) is 5.75 Å². The van der Waals surface area contributed by atoms with Gasteiger partial charge in [0.05, 0.1) is 0 Å². The Labute approximate surface area is 178 Å². The molecule has 3 unspecified atom stereocenters. The topological polar surface area (TPSA) is 69.4 Å². The van der Waals surface area contributed by atoms with Crippen LogP contribution >= 0.6 is 0 Å². The third kappa shape index (κ3) is 3.08. The quantitative estimate of drug-likeness (QED) is 0.801. The van der Waals surface area contributed by atoms with Gasteiger partial charge in [-0.05, 0) is 78.9 Å². The van der Waals surface area contributed by atoms with Gasteiger partial charge in [-0.2, -0.15) is 0 Å². The van der Waals surface area contributed by atoms with Gasteiger partial charge < -0.3 is 10.5 Å². The van der Waals surface area contributed by atoms with Crippen LogP contribution in [0.2, 0.25) is 0 Å². The van der Waals surface area contributed by atoms with Gasteiger partial charge in [-0.25, -0.2) is 0 Å². The van der Waals surface area contributed by atoms with E-state index in [4.69, 9.17) is 10.5 Å². The molecule has 4 aliphatic rings. The van der Waals surface area contributed by atoms with Gasteiger partial charge in [0.2, 0.25) is 0 Å². The predicted molar refractivity (Wildman–Crippen MR) is 116 cm³/mol. The summed E-state index contributed by atoms with van der Waals surface area (Å²) >= 11 is 0. The highest BCUT2D eigenvalue weighted by molar-refractivity contribution is 5.93. The van der Waals surface area contributed by atoms with Crippen LogP contribution in [0, 0.1) is 17.3 Å². The summed E-state index contributed by atoms with van der Waals surface area (Å²) in [5.41, 5.74) is 10.8. The van der Waals surface area contributed by atoms with E-state index in [0.717, 1.165) is 44.3 Å². The Morgan fingerprint density at radius 3 is 2.63 bits per heavy atom. The maximum atomic E-state index is 13.0. The van der Waals surface area contributed by atoms with Gasteiger partial charge in [-0.3, -0.25) is 9.59 Å². The molecule has 1 aromatic carbocycles. The third-order valence-corrected chi connectivity index (χ3v) is 8.11. The first kappa shape index (κ1) is 19.7. The van der Waals surface area contributed by atoms with E-state index in [-0.39, 0.29) is 17.1 Å². The molecule has 0 aliphatic heterocycles. The summed E-state index contributed by atoms with van der Waals surface area (Å²) in [5, 5.41) is 0. The van der Waals surface area contributed by atoms with Gasteiger partial charge in [-0.15, -0.1) is 0 Å². The number of ketones is 2. The van der Waals surface area contributed by atoms with Gasteiger partial charge in [0, 0.05) is 30.7 Å². The van der Waals surface area contributed by atoms with E-state index < -0.39 is 0 Å². The first-order chi connectivity index (χ1) is 14.5. The first-order valence-corrected chi connectivity index (χ1v) is 11.4. The number of fused-ring (bicyclic) bond motifs is 4. The zero-order valence-corrected chi connectivity index (χ0v) is 17.8. The van der Waals surface area contributed by atoms with Gasteiger partial charge in [0.25, 0.3) is 0 Å². The summed E-state index contributed by atoms with van der Waals surface area (Å²) in [6.45, 7) is 3.23. The smallest absolute Gasteiger partial charge is 0.156 e. The number of benzene rings is 1. The van der Waals surface area contributed by atoms with E-state index in [2.05, 4.69) is 19.1 Å².